The molecule has 0 amide bonds. The number of hydrogen-bond acceptors (Lipinski definition) is 3. The van der Waals surface area contributed by atoms with Gasteiger partial charge in [0.05, 0.1) is 11.3 Å². The van der Waals surface area contributed by atoms with Crippen LogP contribution in [0.1, 0.15) is 13.8 Å². The Morgan fingerprint density at radius 2 is 2.31 bits per heavy atom. The third-order valence-electron chi connectivity index (χ3n) is 1.15. The van der Waals surface area contributed by atoms with Crippen molar-refractivity contribution in [3.8, 4) is 0 Å². The summed E-state index contributed by atoms with van der Waals surface area (Å²) in [7, 11) is 0. The third kappa shape index (κ3) is 6.87. The second kappa shape index (κ2) is 7.18. The minimum absolute atomic E-state index is 0.114. The van der Waals surface area contributed by atoms with Crippen LogP contribution in [0.25, 0.3) is 0 Å². The molecule has 0 aliphatic rings. The Bertz CT molecular complexity index is 193. The van der Waals surface area contributed by atoms with Gasteiger partial charge in [-0.15, -0.1) is 23.2 Å². The molecular weight excluding hydrogens is 211 g/mol. The van der Waals surface area contributed by atoms with Crippen molar-refractivity contribution in [2.45, 2.75) is 25.5 Å². The molecular formula is C8H14Cl2N2O. The van der Waals surface area contributed by atoms with Crippen molar-refractivity contribution < 1.29 is 5.11 Å². The highest BCUT2D eigenvalue weighted by atomic mass is 35.5. The van der Waals surface area contributed by atoms with Gasteiger partial charge in [-0.3, -0.25) is 0 Å². The van der Waals surface area contributed by atoms with E-state index in [-0.39, 0.29) is 11.3 Å². The molecule has 0 aromatic heterocycles. The first-order valence-electron chi connectivity index (χ1n) is 3.95. The summed E-state index contributed by atoms with van der Waals surface area (Å²) in [6, 6.07) is 0. The normalized spacial score (nSPS) is 17.5. The van der Waals surface area contributed by atoms with Gasteiger partial charge < -0.3 is 10.4 Å². The van der Waals surface area contributed by atoms with Crippen molar-refractivity contribution in [2.24, 2.45) is 4.99 Å². The molecule has 0 aromatic rings. The maximum absolute atomic E-state index is 9.13. The van der Waals surface area contributed by atoms with Crippen LogP contribution in [-0.2, 0) is 0 Å². The molecule has 76 valence electrons. The van der Waals surface area contributed by atoms with Crippen LogP contribution in [0.3, 0.4) is 0 Å². The second-order valence-corrected chi connectivity index (χ2v) is 3.44. The van der Waals surface area contributed by atoms with Crippen LogP contribution in [0.2, 0.25) is 0 Å². The Morgan fingerprint density at radius 1 is 1.69 bits per heavy atom. The molecule has 0 heterocycles. The van der Waals surface area contributed by atoms with Gasteiger partial charge >= 0.3 is 0 Å². The molecule has 1 unspecified atom stereocenters. The van der Waals surface area contributed by atoms with Gasteiger partial charge in [0.1, 0.15) is 12.0 Å². The van der Waals surface area contributed by atoms with Crippen molar-refractivity contribution in [3.05, 3.63) is 11.9 Å². The van der Waals surface area contributed by atoms with Gasteiger partial charge in [0, 0.05) is 6.21 Å². The van der Waals surface area contributed by atoms with Gasteiger partial charge in [-0.25, -0.2) is 4.99 Å². The summed E-state index contributed by atoms with van der Waals surface area (Å²) in [6.07, 6.45) is 2.52. The lowest BCUT2D eigenvalue weighted by atomic mass is 10.5. The first-order valence-corrected chi connectivity index (χ1v) is 4.92. The summed E-state index contributed by atoms with van der Waals surface area (Å²) in [5.74, 6) is 0.671. The molecule has 0 saturated carbocycles. The monoisotopic (exact) mass is 224 g/mol. The Labute approximate surface area is 88.5 Å². The summed E-state index contributed by atoms with van der Waals surface area (Å²) in [5, 5.41) is 11.7. The number of nitrogens with zero attached hydrogens (tertiary/aromatic N) is 1. The molecule has 0 fully saturated rings. The summed E-state index contributed by atoms with van der Waals surface area (Å²) < 4.78 is 0. The molecule has 0 spiro atoms. The highest BCUT2D eigenvalue weighted by Crippen LogP contribution is 1.96. The summed E-state index contributed by atoms with van der Waals surface area (Å²) >= 11 is 11.1. The molecule has 2 atom stereocenters. The number of hydrogen-bond donors (Lipinski definition) is 2. The van der Waals surface area contributed by atoms with E-state index in [4.69, 9.17) is 28.3 Å². The van der Waals surface area contributed by atoms with Crippen LogP contribution in [-0.4, -0.2) is 28.8 Å². The average Bonchev–Trinajstić information content (AvgIpc) is 2.11. The van der Waals surface area contributed by atoms with Crippen molar-refractivity contribution in [1.29, 1.82) is 0 Å². The first-order chi connectivity index (χ1) is 6.10. The molecule has 13 heavy (non-hydrogen) atoms. The standard InChI is InChI=1S/C8H14Cl2N2O/c1-3-7(11-5-6(2)10)12-8(13)4-9/h3,5-6,8,12-13H,4H2,1-2H3/b7-3+,11-5?/t6-,8?/m0/s1. The van der Waals surface area contributed by atoms with Crippen LogP contribution in [0.5, 0.6) is 0 Å². The van der Waals surface area contributed by atoms with E-state index in [0.717, 1.165) is 0 Å². The summed E-state index contributed by atoms with van der Waals surface area (Å²) in [6.45, 7) is 3.61. The van der Waals surface area contributed by atoms with Gasteiger partial charge in [0.2, 0.25) is 0 Å². The molecule has 5 heteroatoms. The number of alkyl halides is 2. The largest absolute Gasteiger partial charge is 0.372 e. The molecule has 0 bridgehead atoms. The predicted molar refractivity (Wildman–Crippen MR) is 57.4 cm³/mol. The van der Waals surface area contributed by atoms with Crippen molar-refractivity contribution in [1.82, 2.24) is 5.32 Å². The van der Waals surface area contributed by atoms with Crippen molar-refractivity contribution in [3.63, 3.8) is 0 Å². The van der Waals surface area contributed by atoms with Crippen LogP contribution < -0.4 is 5.32 Å². The van der Waals surface area contributed by atoms with Crippen LogP contribution in [0.4, 0.5) is 0 Å². The number of rotatable bonds is 5. The summed E-state index contributed by atoms with van der Waals surface area (Å²) in [5.41, 5.74) is 0. The Morgan fingerprint density at radius 3 is 2.69 bits per heavy atom. The summed E-state index contributed by atoms with van der Waals surface area (Å²) in [4.78, 5) is 4.00. The zero-order valence-electron chi connectivity index (χ0n) is 7.67. The lowest BCUT2D eigenvalue weighted by Gasteiger charge is -2.10. The van der Waals surface area contributed by atoms with E-state index in [9.17, 15) is 0 Å². The lowest BCUT2D eigenvalue weighted by Crippen LogP contribution is -2.28. The minimum Gasteiger partial charge on any atom is -0.372 e. The molecule has 2 N–H and O–H groups in total. The number of aliphatic hydroxyl groups excluding tert-OH is 1. The smallest absolute Gasteiger partial charge is 0.139 e. The quantitative estimate of drug-likeness (QED) is 0.425. The molecule has 3 nitrogen and oxygen atoms in total. The molecule has 0 saturated heterocycles. The molecule has 0 aliphatic carbocycles. The maximum atomic E-state index is 9.13. The van der Waals surface area contributed by atoms with Crippen molar-refractivity contribution in [2.75, 3.05) is 5.88 Å². The molecule has 0 aromatic carbocycles. The second-order valence-electron chi connectivity index (χ2n) is 2.44. The fraction of sp³-hybridized carbons (Fsp3) is 0.625. The van der Waals surface area contributed by atoms with Crippen LogP contribution in [0, 0.1) is 0 Å². The fourth-order valence-electron chi connectivity index (χ4n) is 0.587. The Balaban J connectivity index is 4.06. The molecule has 0 aliphatic heterocycles. The SMILES string of the molecule is C/C=C(\N=C[C@H](C)Cl)NC(O)CCl. The number of aliphatic hydroxyl groups is 1. The lowest BCUT2D eigenvalue weighted by molar-refractivity contribution is 0.172. The number of nitrogens with one attached hydrogen (secondary N) is 1. The van der Waals surface area contributed by atoms with E-state index in [1.165, 1.54) is 0 Å². The Hall–Kier alpha value is -0.250. The van der Waals surface area contributed by atoms with E-state index < -0.39 is 6.23 Å². The van der Waals surface area contributed by atoms with Gasteiger partial charge in [-0.2, -0.15) is 0 Å². The zero-order valence-corrected chi connectivity index (χ0v) is 9.18. The van der Waals surface area contributed by atoms with Crippen LogP contribution in [0.15, 0.2) is 16.9 Å². The topological polar surface area (TPSA) is 44.6 Å². The van der Waals surface area contributed by atoms with E-state index >= 15 is 0 Å². The van der Waals surface area contributed by atoms with E-state index in [1.807, 2.05) is 0 Å². The van der Waals surface area contributed by atoms with Crippen molar-refractivity contribution >= 4 is 29.4 Å². The third-order valence-corrected chi connectivity index (χ3v) is 1.56. The van der Waals surface area contributed by atoms with E-state index in [0.29, 0.717) is 5.82 Å². The zero-order chi connectivity index (χ0) is 10.3. The Kier molecular flexibility index (Phi) is 7.04. The number of allylic oxidation sites excluding steroid dienone is 1. The molecule has 0 rings (SSSR count). The number of halogens is 2. The highest BCUT2D eigenvalue weighted by molar-refractivity contribution is 6.27. The fourth-order valence-corrected chi connectivity index (χ4v) is 0.721. The van der Waals surface area contributed by atoms with Gasteiger partial charge in [-0.05, 0) is 19.9 Å². The predicted octanol–water partition coefficient (Wildman–Crippen LogP) is 1.69. The first kappa shape index (κ1) is 12.8. The van der Waals surface area contributed by atoms with E-state index in [1.54, 1.807) is 26.1 Å². The van der Waals surface area contributed by atoms with Crippen LogP contribution >= 0.6 is 23.2 Å². The molecule has 0 radical (unpaired) electrons. The maximum Gasteiger partial charge on any atom is 0.139 e. The minimum atomic E-state index is -0.782. The number of aliphatic imine (C=N–C) groups is 1. The van der Waals surface area contributed by atoms with Gasteiger partial charge in [-0.1, -0.05) is 0 Å². The van der Waals surface area contributed by atoms with Gasteiger partial charge in [0.25, 0.3) is 0 Å². The van der Waals surface area contributed by atoms with E-state index in [2.05, 4.69) is 10.3 Å². The average molecular weight is 225 g/mol. The highest BCUT2D eigenvalue weighted by Gasteiger charge is 2.01. The van der Waals surface area contributed by atoms with Gasteiger partial charge in [0.15, 0.2) is 0 Å².